The molecule has 0 aromatic heterocycles. The Labute approximate surface area is 206 Å². The number of benzene rings is 1. The highest BCUT2D eigenvalue weighted by molar-refractivity contribution is 6.25. The van der Waals surface area contributed by atoms with E-state index in [1.807, 2.05) is 0 Å². The number of phenolic OH excluding ortho intramolecular Hbond substituents is 1. The summed E-state index contributed by atoms with van der Waals surface area (Å²) in [4.78, 5) is 45.2. The lowest BCUT2D eigenvalue weighted by molar-refractivity contribution is -0.153. The van der Waals surface area contributed by atoms with E-state index in [1.165, 1.54) is 11.0 Å². The molecule has 3 aliphatic carbocycles. The standard InChI is InChI=1S/C24H27N5O7/c1-9(30)15-21(33)18(29(4)5)12-7-10-6-11-14(28(2)3)8-13(26-27-25)19(31)17(11)20(32)16(10)23(35)24(12,36)22(15)34/h8,10,12,18,31-32,34,36H,6-7H2,1-5H3. The number of nitrogens with zero attached hydrogens (tertiary/aromatic N) is 5. The van der Waals surface area contributed by atoms with Crippen LogP contribution >= 0.6 is 0 Å². The molecule has 0 amide bonds. The molecule has 1 fully saturated rings. The topological polar surface area (TPSA) is 187 Å². The summed E-state index contributed by atoms with van der Waals surface area (Å²) in [6.07, 6.45) is 0.180. The van der Waals surface area contributed by atoms with E-state index >= 15 is 0 Å². The number of ketones is 3. The molecule has 190 valence electrons. The third-order valence-electron chi connectivity index (χ3n) is 7.42. The number of rotatable bonds is 4. The molecule has 0 heterocycles. The van der Waals surface area contributed by atoms with Gasteiger partial charge in [-0.2, -0.15) is 0 Å². The van der Waals surface area contributed by atoms with Gasteiger partial charge in [0.1, 0.15) is 22.8 Å². The van der Waals surface area contributed by atoms with Crippen LogP contribution in [0.4, 0.5) is 11.4 Å². The third kappa shape index (κ3) is 3.22. The molecule has 12 nitrogen and oxygen atoms in total. The summed E-state index contributed by atoms with van der Waals surface area (Å²) in [5.41, 5.74) is 6.13. The third-order valence-corrected chi connectivity index (χ3v) is 7.42. The highest BCUT2D eigenvalue weighted by atomic mass is 16.3. The maximum atomic E-state index is 13.9. The van der Waals surface area contributed by atoms with Crippen molar-refractivity contribution < 1.29 is 34.8 Å². The summed E-state index contributed by atoms with van der Waals surface area (Å²) in [5.74, 6) is -6.49. The number of phenols is 1. The molecule has 1 saturated carbocycles. The Hall–Kier alpha value is -3.86. The Balaban J connectivity index is 2.03. The monoisotopic (exact) mass is 497 g/mol. The Morgan fingerprint density at radius 3 is 2.36 bits per heavy atom. The van der Waals surface area contributed by atoms with Crippen LogP contribution in [0.5, 0.6) is 5.75 Å². The number of likely N-dealkylation sites (N-methyl/N-ethyl adjacent to an activating group) is 1. The van der Waals surface area contributed by atoms with Crippen LogP contribution < -0.4 is 4.90 Å². The Kier molecular flexibility index (Phi) is 5.87. The van der Waals surface area contributed by atoms with Crippen LogP contribution in [0.25, 0.3) is 16.2 Å². The number of carbonyl (C=O) groups excluding carboxylic acids is 3. The molecule has 4 atom stereocenters. The summed E-state index contributed by atoms with van der Waals surface area (Å²) in [7, 11) is 6.60. The largest absolute Gasteiger partial charge is 0.508 e. The first-order chi connectivity index (χ1) is 16.8. The smallest absolute Gasteiger partial charge is 0.202 e. The van der Waals surface area contributed by atoms with E-state index in [2.05, 4.69) is 10.0 Å². The summed E-state index contributed by atoms with van der Waals surface area (Å²) in [6, 6.07) is 0.390. The van der Waals surface area contributed by atoms with Crippen molar-refractivity contribution >= 4 is 34.5 Å². The van der Waals surface area contributed by atoms with E-state index in [1.54, 1.807) is 33.1 Å². The average molecular weight is 498 g/mol. The molecule has 0 saturated heterocycles. The number of anilines is 1. The molecule has 0 aliphatic heterocycles. The van der Waals surface area contributed by atoms with E-state index in [0.717, 1.165) is 6.92 Å². The fourth-order valence-corrected chi connectivity index (χ4v) is 5.90. The Bertz CT molecular complexity index is 1340. The molecular weight excluding hydrogens is 470 g/mol. The van der Waals surface area contributed by atoms with Crippen molar-refractivity contribution in [1.82, 2.24) is 4.90 Å². The highest BCUT2D eigenvalue weighted by Crippen LogP contribution is 2.54. The van der Waals surface area contributed by atoms with Gasteiger partial charge in [-0.25, -0.2) is 0 Å². The summed E-state index contributed by atoms with van der Waals surface area (Å²) >= 11 is 0. The van der Waals surface area contributed by atoms with Gasteiger partial charge in [-0.1, -0.05) is 5.11 Å². The van der Waals surface area contributed by atoms with Gasteiger partial charge in [0.25, 0.3) is 0 Å². The van der Waals surface area contributed by atoms with E-state index < -0.39 is 63.7 Å². The van der Waals surface area contributed by atoms with Crippen LogP contribution in [0.1, 0.15) is 24.5 Å². The molecule has 0 radical (unpaired) electrons. The molecular formula is C24H27N5O7. The first-order valence-corrected chi connectivity index (χ1v) is 11.3. The Morgan fingerprint density at radius 1 is 1.19 bits per heavy atom. The minimum atomic E-state index is -2.64. The second kappa shape index (κ2) is 8.37. The van der Waals surface area contributed by atoms with Gasteiger partial charge in [-0.3, -0.25) is 19.3 Å². The molecule has 3 aliphatic rings. The molecule has 4 N–H and O–H groups in total. The molecule has 1 aromatic carbocycles. The maximum absolute atomic E-state index is 13.9. The van der Waals surface area contributed by atoms with Crippen molar-refractivity contribution in [2.24, 2.45) is 17.0 Å². The van der Waals surface area contributed by atoms with Gasteiger partial charge in [0, 0.05) is 36.2 Å². The van der Waals surface area contributed by atoms with Gasteiger partial charge < -0.3 is 25.3 Å². The number of azide groups is 1. The predicted molar refractivity (Wildman–Crippen MR) is 129 cm³/mol. The van der Waals surface area contributed by atoms with Crippen molar-refractivity contribution in [2.75, 3.05) is 33.1 Å². The zero-order valence-corrected chi connectivity index (χ0v) is 20.5. The molecule has 4 rings (SSSR count). The van der Waals surface area contributed by atoms with Crippen molar-refractivity contribution in [3.63, 3.8) is 0 Å². The first-order valence-electron chi connectivity index (χ1n) is 11.3. The molecule has 0 spiro atoms. The van der Waals surface area contributed by atoms with Crippen LogP contribution in [-0.4, -0.2) is 82.5 Å². The lowest BCUT2D eigenvalue weighted by Crippen LogP contribution is -2.65. The fourth-order valence-electron chi connectivity index (χ4n) is 5.90. The van der Waals surface area contributed by atoms with Crippen molar-refractivity contribution in [1.29, 1.82) is 0 Å². The first kappa shape index (κ1) is 25.2. The van der Waals surface area contributed by atoms with Crippen LogP contribution in [-0.2, 0) is 20.8 Å². The van der Waals surface area contributed by atoms with Gasteiger partial charge in [0.2, 0.25) is 5.78 Å². The van der Waals surface area contributed by atoms with Crippen LogP contribution in [0, 0.1) is 11.8 Å². The lowest BCUT2D eigenvalue weighted by Gasteiger charge is -2.50. The minimum absolute atomic E-state index is 0.0244. The van der Waals surface area contributed by atoms with E-state index in [0.29, 0.717) is 11.3 Å². The zero-order valence-electron chi connectivity index (χ0n) is 20.5. The van der Waals surface area contributed by atoms with Crippen LogP contribution in [0.2, 0.25) is 0 Å². The van der Waals surface area contributed by atoms with E-state index in [-0.39, 0.29) is 29.7 Å². The molecule has 0 bridgehead atoms. The summed E-state index contributed by atoms with van der Waals surface area (Å²) < 4.78 is 0. The van der Waals surface area contributed by atoms with Gasteiger partial charge in [-0.15, -0.1) is 0 Å². The zero-order chi connectivity index (χ0) is 26.9. The molecule has 1 aromatic rings. The highest BCUT2D eigenvalue weighted by Gasteiger charge is 2.64. The maximum Gasteiger partial charge on any atom is 0.202 e. The van der Waals surface area contributed by atoms with Gasteiger partial charge in [0.05, 0.1) is 17.3 Å². The Morgan fingerprint density at radius 2 is 1.83 bits per heavy atom. The molecule has 4 unspecified atom stereocenters. The molecule has 36 heavy (non-hydrogen) atoms. The van der Waals surface area contributed by atoms with Crippen molar-refractivity contribution in [3.8, 4) is 5.75 Å². The predicted octanol–water partition coefficient (Wildman–Crippen LogP) is 2.08. The van der Waals surface area contributed by atoms with Crippen molar-refractivity contribution in [2.45, 2.75) is 31.4 Å². The van der Waals surface area contributed by atoms with Crippen LogP contribution in [0.3, 0.4) is 0 Å². The normalized spacial score (nSPS) is 27.4. The van der Waals surface area contributed by atoms with Crippen LogP contribution in [0.15, 0.2) is 28.1 Å². The number of aliphatic hydroxyl groups excluding tert-OH is 2. The van der Waals surface area contributed by atoms with Gasteiger partial charge >= 0.3 is 0 Å². The van der Waals surface area contributed by atoms with E-state index in [9.17, 15) is 34.8 Å². The van der Waals surface area contributed by atoms with E-state index in [4.69, 9.17) is 5.53 Å². The number of hydrogen-bond donors (Lipinski definition) is 4. The SMILES string of the molecule is CC(=O)C1=C(O)C2(O)C(=O)C3=C(O)c4c(O)c(N=[N+]=[N-])cc(N(C)C)c4CC3CC2C(N(C)C)C1=O. The number of Topliss-reactive ketones (excluding diaryl/α,β-unsaturated/α-hetero) is 3. The summed E-state index contributed by atoms with van der Waals surface area (Å²) in [5, 5.41) is 48.2. The number of aliphatic hydroxyl groups is 3. The number of carbonyl (C=O) groups is 3. The van der Waals surface area contributed by atoms with Gasteiger partial charge in [-0.05, 0) is 56.9 Å². The number of fused-ring (bicyclic) bond motifs is 3. The fraction of sp³-hybridized carbons (Fsp3) is 0.458. The lowest BCUT2D eigenvalue weighted by atomic mass is 9.57. The second-order valence-electron chi connectivity index (χ2n) is 9.85. The second-order valence-corrected chi connectivity index (χ2v) is 9.85. The number of hydrogen-bond acceptors (Lipinski definition) is 10. The number of aromatic hydroxyl groups is 1. The quantitative estimate of drug-likeness (QED) is 0.209. The molecule has 12 heteroatoms. The average Bonchev–Trinajstić information content (AvgIpc) is 2.77. The van der Waals surface area contributed by atoms with Gasteiger partial charge in [0.15, 0.2) is 17.2 Å². The summed E-state index contributed by atoms with van der Waals surface area (Å²) in [6.45, 7) is 1.06. The van der Waals surface area contributed by atoms with Crippen molar-refractivity contribution in [3.05, 3.63) is 44.5 Å². The minimum Gasteiger partial charge on any atom is -0.508 e.